The quantitative estimate of drug-likeness (QED) is 0.762. The Hall–Kier alpha value is -1.19. The Kier molecular flexibility index (Phi) is 4.50. The number of rotatable bonds is 5. The molecular formula is C14H17ClN2S. The Morgan fingerprint density at radius 3 is 2.83 bits per heavy atom. The van der Waals surface area contributed by atoms with Crippen molar-refractivity contribution >= 4 is 34.3 Å². The monoisotopic (exact) mass is 280 g/mol. The second-order valence-corrected chi connectivity index (χ2v) is 5.65. The third kappa shape index (κ3) is 3.18. The topological polar surface area (TPSA) is 38.0 Å². The van der Waals surface area contributed by atoms with E-state index in [1.54, 1.807) is 17.4 Å². The molecule has 0 aliphatic rings. The van der Waals surface area contributed by atoms with E-state index in [9.17, 15) is 0 Å². The molecule has 3 N–H and O–H groups in total. The van der Waals surface area contributed by atoms with Crippen LogP contribution in [0, 0.1) is 0 Å². The van der Waals surface area contributed by atoms with Crippen molar-refractivity contribution in [3.63, 3.8) is 0 Å². The van der Waals surface area contributed by atoms with Crippen molar-refractivity contribution in [2.75, 3.05) is 11.1 Å². The van der Waals surface area contributed by atoms with Crippen molar-refractivity contribution in [2.45, 2.75) is 25.8 Å². The molecule has 1 heterocycles. The van der Waals surface area contributed by atoms with Crippen LogP contribution < -0.4 is 11.1 Å². The zero-order valence-corrected chi connectivity index (χ0v) is 11.9. The van der Waals surface area contributed by atoms with E-state index in [2.05, 4.69) is 29.8 Å². The first-order valence-corrected chi connectivity index (χ1v) is 7.31. The average Bonchev–Trinajstić information content (AvgIpc) is 2.85. The van der Waals surface area contributed by atoms with Crippen molar-refractivity contribution in [2.24, 2.45) is 0 Å². The van der Waals surface area contributed by atoms with E-state index in [1.165, 1.54) is 4.88 Å². The van der Waals surface area contributed by atoms with Crippen molar-refractivity contribution in [3.05, 3.63) is 45.6 Å². The van der Waals surface area contributed by atoms with Gasteiger partial charge in [-0.05, 0) is 36.1 Å². The number of thiophene rings is 1. The largest absolute Gasteiger partial charge is 0.397 e. The highest BCUT2D eigenvalue weighted by Crippen LogP contribution is 2.31. The first-order valence-electron chi connectivity index (χ1n) is 6.05. The van der Waals surface area contributed by atoms with E-state index in [1.807, 2.05) is 12.1 Å². The molecule has 0 saturated carbocycles. The predicted molar refractivity (Wildman–Crippen MR) is 81.5 cm³/mol. The number of nitrogen functional groups attached to an aromatic ring is 1. The molecule has 0 fully saturated rings. The van der Waals surface area contributed by atoms with Gasteiger partial charge in [-0.3, -0.25) is 0 Å². The van der Waals surface area contributed by atoms with Gasteiger partial charge in [0.05, 0.1) is 17.4 Å². The molecule has 1 aromatic heterocycles. The zero-order valence-electron chi connectivity index (χ0n) is 10.3. The minimum Gasteiger partial charge on any atom is -0.397 e. The van der Waals surface area contributed by atoms with Crippen LogP contribution in [0.25, 0.3) is 0 Å². The van der Waals surface area contributed by atoms with Crippen LogP contribution in [0.5, 0.6) is 0 Å². The lowest BCUT2D eigenvalue weighted by atomic mass is 10.1. The van der Waals surface area contributed by atoms with E-state index in [4.69, 9.17) is 17.3 Å². The Morgan fingerprint density at radius 2 is 2.22 bits per heavy atom. The van der Waals surface area contributed by atoms with E-state index in [-0.39, 0.29) is 0 Å². The smallest absolute Gasteiger partial charge is 0.0607 e. The maximum atomic E-state index is 5.98. The number of anilines is 2. The summed E-state index contributed by atoms with van der Waals surface area (Å²) in [5.74, 6) is 0. The number of nitrogens with two attached hydrogens (primary N) is 1. The van der Waals surface area contributed by atoms with Crippen LogP contribution in [0.4, 0.5) is 11.4 Å². The number of nitrogens with one attached hydrogen (secondary N) is 1. The Bertz CT molecular complexity index is 497. The molecule has 0 saturated heterocycles. The number of hydrogen-bond donors (Lipinski definition) is 2. The highest BCUT2D eigenvalue weighted by atomic mass is 35.5. The minimum absolute atomic E-state index is 0.318. The highest BCUT2D eigenvalue weighted by Gasteiger charge is 2.12. The molecule has 0 spiro atoms. The van der Waals surface area contributed by atoms with Crippen LogP contribution in [0.1, 0.15) is 30.7 Å². The highest BCUT2D eigenvalue weighted by molar-refractivity contribution is 7.10. The van der Waals surface area contributed by atoms with Crippen LogP contribution in [0.3, 0.4) is 0 Å². The molecule has 1 aromatic carbocycles. The molecule has 1 atom stereocenters. The first-order chi connectivity index (χ1) is 8.70. The molecule has 18 heavy (non-hydrogen) atoms. The molecule has 96 valence electrons. The maximum absolute atomic E-state index is 5.98. The van der Waals surface area contributed by atoms with Gasteiger partial charge in [0.25, 0.3) is 0 Å². The zero-order chi connectivity index (χ0) is 13.0. The third-order valence-corrected chi connectivity index (χ3v) is 4.03. The van der Waals surface area contributed by atoms with Gasteiger partial charge in [-0.25, -0.2) is 0 Å². The second kappa shape index (κ2) is 6.12. The summed E-state index contributed by atoms with van der Waals surface area (Å²) in [7, 11) is 0. The molecule has 2 rings (SSSR count). The van der Waals surface area contributed by atoms with Crippen LogP contribution in [-0.4, -0.2) is 0 Å². The molecule has 0 amide bonds. The van der Waals surface area contributed by atoms with Gasteiger partial charge in [-0.2, -0.15) is 0 Å². The summed E-state index contributed by atoms with van der Waals surface area (Å²) in [4.78, 5) is 1.34. The lowest BCUT2D eigenvalue weighted by Gasteiger charge is -2.19. The van der Waals surface area contributed by atoms with Gasteiger partial charge in [-0.1, -0.05) is 31.0 Å². The second-order valence-electron chi connectivity index (χ2n) is 4.23. The minimum atomic E-state index is 0.318. The van der Waals surface area contributed by atoms with Crippen LogP contribution in [0.15, 0.2) is 35.7 Å². The number of hydrogen-bond acceptors (Lipinski definition) is 3. The maximum Gasteiger partial charge on any atom is 0.0607 e. The predicted octanol–water partition coefficient (Wildman–Crippen LogP) is 4.94. The van der Waals surface area contributed by atoms with E-state index >= 15 is 0 Å². The standard InChI is InChI=1S/C14H17ClN2S/c1-2-4-13(14-5-3-8-18-14)17-12-7-6-10(15)9-11(12)16/h3,5-9,13,17H,2,4,16H2,1H3. The van der Waals surface area contributed by atoms with Crippen molar-refractivity contribution < 1.29 is 0 Å². The Morgan fingerprint density at radius 1 is 1.39 bits per heavy atom. The summed E-state index contributed by atoms with van der Waals surface area (Å²) in [6.45, 7) is 2.19. The van der Waals surface area contributed by atoms with Crippen LogP contribution in [0.2, 0.25) is 5.02 Å². The summed E-state index contributed by atoms with van der Waals surface area (Å²) in [5, 5.41) is 6.27. The van der Waals surface area contributed by atoms with Gasteiger partial charge in [0.2, 0.25) is 0 Å². The Labute approximate surface area is 117 Å². The van der Waals surface area contributed by atoms with Crippen molar-refractivity contribution in [1.29, 1.82) is 0 Å². The lowest BCUT2D eigenvalue weighted by Crippen LogP contribution is -2.10. The molecule has 0 aliphatic carbocycles. The van der Waals surface area contributed by atoms with Gasteiger partial charge in [0.1, 0.15) is 0 Å². The molecular weight excluding hydrogens is 264 g/mol. The molecule has 1 unspecified atom stereocenters. The molecule has 0 radical (unpaired) electrons. The van der Waals surface area contributed by atoms with Crippen molar-refractivity contribution in [1.82, 2.24) is 0 Å². The summed E-state index contributed by atoms with van der Waals surface area (Å²) < 4.78 is 0. The van der Waals surface area contributed by atoms with E-state index in [0.29, 0.717) is 16.8 Å². The SMILES string of the molecule is CCCC(Nc1ccc(Cl)cc1N)c1cccs1. The molecule has 0 bridgehead atoms. The van der Waals surface area contributed by atoms with Gasteiger partial charge in [-0.15, -0.1) is 11.3 Å². The number of halogens is 1. The fourth-order valence-electron chi connectivity index (χ4n) is 1.92. The normalized spacial score (nSPS) is 12.3. The summed E-state index contributed by atoms with van der Waals surface area (Å²) in [5.41, 5.74) is 7.62. The fraction of sp³-hybridized carbons (Fsp3) is 0.286. The van der Waals surface area contributed by atoms with Gasteiger partial charge in [0.15, 0.2) is 0 Å². The van der Waals surface area contributed by atoms with E-state index in [0.717, 1.165) is 18.5 Å². The van der Waals surface area contributed by atoms with Crippen molar-refractivity contribution in [3.8, 4) is 0 Å². The van der Waals surface area contributed by atoms with Crippen LogP contribution >= 0.6 is 22.9 Å². The molecule has 0 aliphatic heterocycles. The van der Waals surface area contributed by atoms with E-state index < -0.39 is 0 Å². The Balaban J connectivity index is 2.18. The van der Waals surface area contributed by atoms with Crippen LogP contribution in [-0.2, 0) is 0 Å². The van der Waals surface area contributed by atoms with Gasteiger partial charge >= 0.3 is 0 Å². The first kappa shape index (κ1) is 13.2. The number of benzene rings is 1. The molecule has 2 nitrogen and oxygen atoms in total. The lowest BCUT2D eigenvalue weighted by molar-refractivity contribution is 0.688. The molecule has 2 aromatic rings. The summed E-state index contributed by atoms with van der Waals surface area (Å²) in [6, 6.07) is 10.1. The van der Waals surface area contributed by atoms with Gasteiger partial charge < -0.3 is 11.1 Å². The third-order valence-electron chi connectivity index (χ3n) is 2.81. The molecule has 4 heteroatoms. The average molecular weight is 281 g/mol. The summed E-state index contributed by atoms with van der Waals surface area (Å²) in [6.07, 6.45) is 2.21. The fourth-order valence-corrected chi connectivity index (χ4v) is 2.91. The van der Waals surface area contributed by atoms with Gasteiger partial charge in [0, 0.05) is 9.90 Å². The summed E-state index contributed by atoms with van der Waals surface area (Å²) >= 11 is 7.68.